The van der Waals surface area contributed by atoms with Gasteiger partial charge in [-0.05, 0) is 36.8 Å². The Labute approximate surface area is 164 Å². The average molecular weight is 414 g/mol. The fraction of sp³-hybridized carbons (Fsp3) is 0.111. The molecule has 0 saturated heterocycles. The molecule has 10 heteroatoms. The molecule has 2 amide bonds. The summed E-state index contributed by atoms with van der Waals surface area (Å²) in [5, 5.41) is 11.5. The van der Waals surface area contributed by atoms with E-state index in [0.717, 1.165) is 9.31 Å². The van der Waals surface area contributed by atoms with Gasteiger partial charge in [-0.3, -0.25) is 14.9 Å². The molecule has 0 unspecified atom stereocenters. The van der Waals surface area contributed by atoms with Crippen molar-refractivity contribution in [1.82, 2.24) is 10.2 Å². The number of fused-ring (bicyclic) bond motifs is 1. The highest BCUT2D eigenvalue weighted by Gasteiger charge is 2.42. The van der Waals surface area contributed by atoms with Crippen molar-refractivity contribution in [2.24, 2.45) is 0 Å². The third kappa shape index (κ3) is 2.96. The molecule has 0 saturated carbocycles. The number of benzene rings is 2. The summed E-state index contributed by atoms with van der Waals surface area (Å²) in [6, 6.07) is 12.1. The van der Waals surface area contributed by atoms with Crippen LogP contribution in [0.4, 0.5) is 10.8 Å². The minimum atomic E-state index is -4.10. The van der Waals surface area contributed by atoms with E-state index in [-0.39, 0.29) is 21.7 Å². The highest BCUT2D eigenvalue weighted by Crippen LogP contribution is 2.35. The van der Waals surface area contributed by atoms with Gasteiger partial charge in [-0.2, -0.15) is 4.31 Å². The van der Waals surface area contributed by atoms with Crippen LogP contribution in [0.5, 0.6) is 0 Å². The first-order valence-electron chi connectivity index (χ1n) is 8.34. The molecule has 1 aliphatic heterocycles. The van der Waals surface area contributed by atoms with Crippen molar-refractivity contribution in [3.63, 3.8) is 0 Å². The number of amides is 2. The van der Waals surface area contributed by atoms with E-state index in [2.05, 4.69) is 15.5 Å². The number of anilines is 2. The number of sulfonamides is 1. The van der Waals surface area contributed by atoms with Gasteiger partial charge in [0.1, 0.15) is 9.90 Å². The van der Waals surface area contributed by atoms with Gasteiger partial charge >= 0.3 is 0 Å². The van der Waals surface area contributed by atoms with Crippen LogP contribution in [-0.4, -0.2) is 30.4 Å². The topological polar surface area (TPSA) is 109 Å². The van der Waals surface area contributed by atoms with Crippen molar-refractivity contribution >= 4 is 44.0 Å². The fourth-order valence-electron chi connectivity index (χ4n) is 2.81. The summed E-state index contributed by atoms with van der Waals surface area (Å²) < 4.78 is 26.6. The van der Waals surface area contributed by atoms with Gasteiger partial charge in [0.25, 0.3) is 21.8 Å². The number of hydrogen-bond donors (Lipinski definition) is 1. The molecule has 28 heavy (non-hydrogen) atoms. The SMILES string of the molecule is CCc1nnc(NC(=O)c2ccc3c(c2)S(=O)(=O)N(c2ccccc2)C3=O)s1. The van der Waals surface area contributed by atoms with Crippen LogP contribution in [0.3, 0.4) is 0 Å². The molecule has 0 radical (unpaired) electrons. The van der Waals surface area contributed by atoms with Crippen molar-refractivity contribution < 1.29 is 18.0 Å². The molecule has 142 valence electrons. The van der Waals surface area contributed by atoms with Crippen molar-refractivity contribution in [3.8, 4) is 0 Å². The number of aryl methyl sites for hydroxylation is 1. The highest BCUT2D eigenvalue weighted by atomic mass is 32.2. The molecule has 1 aromatic heterocycles. The zero-order chi connectivity index (χ0) is 19.9. The molecule has 4 rings (SSSR count). The van der Waals surface area contributed by atoms with Gasteiger partial charge in [-0.25, -0.2) is 8.42 Å². The number of rotatable bonds is 4. The van der Waals surface area contributed by atoms with Gasteiger partial charge in [0.2, 0.25) is 5.13 Å². The second-order valence-corrected chi connectivity index (χ2v) is 8.75. The summed E-state index contributed by atoms with van der Waals surface area (Å²) >= 11 is 1.24. The molecule has 3 aromatic rings. The van der Waals surface area contributed by atoms with Crippen molar-refractivity contribution in [1.29, 1.82) is 0 Å². The first-order chi connectivity index (χ1) is 13.4. The Kier molecular flexibility index (Phi) is 4.44. The minimum absolute atomic E-state index is 0.0320. The molecule has 0 aliphatic carbocycles. The van der Waals surface area contributed by atoms with E-state index in [4.69, 9.17) is 0 Å². The van der Waals surface area contributed by atoms with E-state index in [9.17, 15) is 18.0 Å². The molecule has 0 spiro atoms. The van der Waals surface area contributed by atoms with Crippen molar-refractivity contribution in [3.05, 3.63) is 64.7 Å². The standard InChI is InChI=1S/C18H14N4O4S2/c1-2-15-20-21-18(27-15)19-16(23)11-8-9-13-14(10-11)28(25,26)22(17(13)24)12-6-4-3-5-7-12/h3-10H,2H2,1H3,(H,19,21,23). The Morgan fingerprint density at radius 3 is 2.57 bits per heavy atom. The van der Waals surface area contributed by atoms with E-state index >= 15 is 0 Å². The van der Waals surface area contributed by atoms with Crippen LogP contribution in [-0.2, 0) is 16.4 Å². The van der Waals surface area contributed by atoms with Crippen LogP contribution in [0, 0.1) is 0 Å². The third-order valence-corrected chi connectivity index (χ3v) is 6.89. The highest BCUT2D eigenvalue weighted by molar-refractivity contribution is 7.94. The monoisotopic (exact) mass is 414 g/mol. The number of aromatic nitrogens is 2. The van der Waals surface area contributed by atoms with Crippen LogP contribution in [0.2, 0.25) is 0 Å². The first kappa shape index (κ1) is 18.3. The van der Waals surface area contributed by atoms with Gasteiger partial charge in [-0.15, -0.1) is 10.2 Å². The second-order valence-electron chi connectivity index (χ2n) is 5.93. The number of nitrogens with one attached hydrogen (secondary N) is 1. The largest absolute Gasteiger partial charge is 0.296 e. The smallest absolute Gasteiger partial charge is 0.273 e. The quantitative estimate of drug-likeness (QED) is 0.703. The second kappa shape index (κ2) is 6.80. The van der Waals surface area contributed by atoms with Gasteiger partial charge in [0.05, 0.1) is 11.3 Å². The van der Waals surface area contributed by atoms with Gasteiger partial charge in [-0.1, -0.05) is 36.5 Å². The maximum absolute atomic E-state index is 12.9. The lowest BCUT2D eigenvalue weighted by Crippen LogP contribution is -2.29. The summed E-state index contributed by atoms with van der Waals surface area (Å²) in [6.07, 6.45) is 0.696. The number of carbonyl (C=O) groups excluding carboxylic acids is 2. The van der Waals surface area contributed by atoms with Gasteiger partial charge in [0.15, 0.2) is 0 Å². The number of nitrogens with zero attached hydrogens (tertiary/aromatic N) is 3. The molecule has 0 fully saturated rings. The van der Waals surface area contributed by atoms with Gasteiger partial charge in [0, 0.05) is 5.56 Å². The molecular formula is C18H14N4O4S2. The summed E-state index contributed by atoms with van der Waals surface area (Å²) in [5.74, 6) is -1.17. The Hall–Kier alpha value is -3.11. The maximum Gasteiger partial charge on any atom is 0.273 e. The fourth-order valence-corrected chi connectivity index (χ4v) is 5.10. The summed E-state index contributed by atoms with van der Waals surface area (Å²) in [5.41, 5.74) is 0.388. The van der Waals surface area contributed by atoms with Crippen LogP contribution in [0.15, 0.2) is 53.4 Å². The molecular weight excluding hydrogens is 400 g/mol. The predicted octanol–water partition coefficient (Wildman–Crippen LogP) is 2.70. The average Bonchev–Trinajstić information content (AvgIpc) is 3.22. The Morgan fingerprint density at radius 2 is 1.89 bits per heavy atom. The summed E-state index contributed by atoms with van der Waals surface area (Å²) in [7, 11) is -4.10. The lowest BCUT2D eigenvalue weighted by molar-refractivity contribution is 0.100. The molecule has 2 aromatic carbocycles. The molecule has 1 aliphatic rings. The molecule has 1 N–H and O–H groups in total. The Balaban J connectivity index is 1.68. The number of carbonyl (C=O) groups is 2. The predicted molar refractivity (Wildman–Crippen MR) is 104 cm³/mol. The van der Waals surface area contributed by atoms with E-state index in [1.54, 1.807) is 18.2 Å². The maximum atomic E-state index is 12.9. The third-order valence-electron chi connectivity index (χ3n) is 4.16. The van der Waals surface area contributed by atoms with Crippen molar-refractivity contribution in [2.45, 2.75) is 18.2 Å². The zero-order valence-electron chi connectivity index (χ0n) is 14.6. The van der Waals surface area contributed by atoms with Crippen LogP contribution < -0.4 is 9.62 Å². The normalized spacial score (nSPS) is 14.8. The Bertz CT molecular complexity index is 1190. The van der Waals surface area contributed by atoms with E-state index < -0.39 is 21.8 Å². The van der Waals surface area contributed by atoms with E-state index in [0.29, 0.717) is 11.6 Å². The van der Waals surface area contributed by atoms with Crippen LogP contribution >= 0.6 is 11.3 Å². The van der Waals surface area contributed by atoms with Crippen molar-refractivity contribution in [2.75, 3.05) is 9.62 Å². The zero-order valence-corrected chi connectivity index (χ0v) is 16.3. The van der Waals surface area contributed by atoms with Crippen LogP contribution in [0.25, 0.3) is 0 Å². The minimum Gasteiger partial charge on any atom is -0.296 e. The van der Waals surface area contributed by atoms with Gasteiger partial charge < -0.3 is 0 Å². The molecule has 2 heterocycles. The number of para-hydroxylation sites is 1. The molecule has 8 nitrogen and oxygen atoms in total. The van der Waals surface area contributed by atoms with E-state index in [1.165, 1.54) is 41.7 Å². The van der Waals surface area contributed by atoms with Crippen LogP contribution in [0.1, 0.15) is 32.6 Å². The van der Waals surface area contributed by atoms with E-state index in [1.807, 2.05) is 6.92 Å². The Morgan fingerprint density at radius 1 is 1.14 bits per heavy atom. The lowest BCUT2D eigenvalue weighted by atomic mass is 10.1. The lowest BCUT2D eigenvalue weighted by Gasteiger charge is -2.14. The molecule has 0 atom stereocenters. The summed E-state index contributed by atoms with van der Waals surface area (Å²) in [6.45, 7) is 1.92. The number of hydrogen-bond acceptors (Lipinski definition) is 7. The first-order valence-corrected chi connectivity index (χ1v) is 10.6. The molecule has 0 bridgehead atoms. The summed E-state index contributed by atoms with van der Waals surface area (Å²) in [4.78, 5) is 24.9.